The fraction of sp³-hybridized carbons (Fsp3) is 0. The summed E-state index contributed by atoms with van der Waals surface area (Å²) in [5, 5.41) is 21.0. The van der Waals surface area contributed by atoms with Gasteiger partial charge in [-0.2, -0.15) is 5.26 Å². The second-order valence-electron chi connectivity index (χ2n) is 19.8. The van der Waals surface area contributed by atoms with Gasteiger partial charge in [0.2, 0.25) is 0 Å². The fourth-order valence-corrected chi connectivity index (χ4v) is 12.4. The van der Waals surface area contributed by atoms with Crippen LogP contribution in [0.25, 0.3) is 144 Å². The second kappa shape index (κ2) is 17.1. The summed E-state index contributed by atoms with van der Waals surface area (Å²) >= 11 is 0. The van der Waals surface area contributed by atoms with Gasteiger partial charge in [-0.3, -0.25) is 0 Å². The average Bonchev–Trinajstić information content (AvgIpc) is 4.31. The third kappa shape index (κ3) is 6.36. The molecule has 0 saturated heterocycles. The predicted molar refractivity (Wildman–Crippen MR) is 318 cm³/mol. The van der Waals surface area contributed by atoms with Crippen LogP contribution in [0.2, 0.25) is 0 Å². The van der Waals surface area contributed by atoms with E-state index in [1.165, 1.54) is 5.39 Å². The van der Waals surface area contributed by atoms with Crippen LogP contribution in [-0.2, 0) is 0 Å². The van der Waals surface area contributed by atoms with Crippen LogP contribution in [0.5, 0.6) is 0 Å². The summed E-state index contributed by atoms with van der Waals surface area (Å²) in [4.78, 5) is 15.8. The lowest BCUT2D eigenvalue weighted by atomic mass is 10.0. The Balaban J connectivity index is 1.09. The van der Waals surface area contributed by atoms with Gasteiger partial charge < -0.3 is 18.3 Å². The van der Waals surface area contributed by atoms with E-state index in [2.05, 4.69) is 218 Å². The van der Waals surface area contributed by atoms with Crippen LogP contribution in [0.4, 0.5) is 0 Å². The summed E-state index contributed by atoms with van der Waals surface area (Å²) in [6.07, 6.45) is 0. The molecule has 0 spiro atoms. The zero-order valence-electron chi connectivity index (χ0n) is 41.8. The van der Waals surface area contributed by atoms with Crippen molar-refractivity contribution in [3.8, 4) is 63.0 Å². The second-order valence-corrected chi connectivity index (χ2v) is 19.8. The molecule has 11 aromatic carbocycles. The number of aromatic nitrogens is 7. The van der Waals surface area contributed by atoms with Crippen LogP contribution in [0.3, 0.4) is 0 Å². The molecule has 5 aromatic heterocycles. The Morgan fingerprint density at radius 3 is 1.14 bits per heavy atom. The Bertz CT molecular complexity index is 5080. The van der Waals surface area contributed by atoms with E-state index in [1.807, 2.05) is 60.7 Å². The molecule has 362 valence electrons. The number of hydrogen-bond donors (Lipinski definition) is 0. The van der Waals surface area contributed by atoms with Gasteiger partial charge in [0.05, 0.1) is 55.5 Å². The molecule has 0 radical (unpaired) electrons. The quantitative estimate of drug-likeness (QED) is 0.159. The molecule has 0 aliphatic rings. The van der Waals surface area contributed by atoms with Crippen LogP contribution in [0, 0.1) is 11.3 Å². The molecule has 0 atom stereocenters. The number of hydrogen-bond acceptors (Lipinski definition) is 4. The van der Waals surface area contributed by atoms with Gasteiger partial charge in [0.25, 0.3) is 0 Å². The van der Waals surface area contributed by atoms with Gasteiger partial charge in [-0.15, -0.1) is 0 Å². The van der Waals surface area contributed by atoms with Gasteiger partial charge in [-0.05, 0) is 72.8 Å². The van der Waals surface area contributed by atoms with Gasteiger partial charge in [0.1, 0.15) is 11.6 Å². The first-order valence-corrected chi connectivity index (χ1v) is 26.2. The van der Waals surface area contributed by atoms with Crippen LogP contribution < -0.4 is 0 Å². The molecule has 5 heterocycles. The monoisotopic (exact) mass is 994 g/mol. The van der Waals surface area contributed by atoms with Crippen LogP contribution in [-0.4, -0.2) is 33.2 Å². The number of nitrogens with zero attached hydrogens (tertiary/aromatic N) is 8. The minimum Gasteiger partial charge on any atom is -0.309 e. The van der Waals surface area contributed by atoms with Gasteiger partial charge in [0.15, 0.2) is 17.5 Å². The Kier molecular flexibility index (Phi) is 9.53. The summed E-state index contributed by atoms with van der Waals surface area (Å²) < 4.78 is 9.38. The van der Waals surface area contributed by atoms with Gasteiger partial charge in [-0.1, -0.05) is 182 Å². The molecule has 0 N–H and O–H groups in total. The molecule has 0 bridgehead atoms. The maximum absolute atomic E-state index is 12.2. The third-order valence-corrected chi connectivity index (χ3v) is 15.6. The molecular formula is C70H42N8. The lowest BCUT2D eigenvalue weighted by Crippen LogP contribution is -2.07. The normalized spacial score (nSPS) is 11.8. The summed E-state index contributed by atoms with van der Waals surface area (Å²) in [6.45, 7) is 0. The zero-order chi connectivity index (χ0) is 51.4. The SMILES string of the molecule is N#Cc1c(-n2c3ccccc3c3c2ccc2c4ccccc4n(-c4ccccc4)c23)cc(-c2nc(-c3ccccc3)nc(-c3ccccc3)n2)cc1-n1c2ccccc2c2ccc3c(c4ccccc4n3-c3ccccc3)c21. The largest absolute Gasteiger partial charge is 0.309 e. The summed E-state index contributed by atoms with van der Waals surface area (Å²) in [6, 6.07) is 91.9. The molecule has 0 fully saturated rings. The first-order valence-electron chi connectivity index (χ1n) is 26.2. The number of para-hydroxylation sites is 6. The van der Waals surface area contributed by atoms with Crippen molar-refractivity contribution in [2.75, 3.05) is 0 Å². The third-order valence-electron chi connectivity index (χ3n) is 15.6. The average molecular weight is 995 g/mol. The highest BCUT2D eigenvalue weighted by Gasteiger charge is 2.28. The van der Waals surface area contributed by atoms with Crippen molar-refractivity contribution in [2.45, 2.75) is 0 Å². The van der Waals surface area contributed by atoms with Crippen molar-refractivity contribution in [3.05, 3.63) is 260 Å². The Labute approximate surface area is 446 Å². The van der Waals surface area contributed by atoms with Gasteiger partial charge in [0, 0.05) is 71.2 Å². The van der Waals surface area contributed by atoms with Crippen molar-refractivity contribution in [3.63, 3.8) is 0 Å². The van der Waals surface area contributed by atoms with Crippen molar-refractivity contribution >= 4 is 87.2 Å². The predicted octanol–water partition coefficient (Wildman–Crippen LogP) is 17.1. The number of benzene rings is 11. The smallest absolute Gasteiger partial charge is 0.164 e. The van der Waals surface area contributed by atoms with E-state index in [1.54, 1.807) is 0 Å². The van der Waals surface area contributed by atoms with E-state index in [0.717, 1.165) is 110 Å². The molecule has 0 amide bonds. The Morgan fingerprint density at radius 2 is 0.641 bits per heavy atom. The Morgan fingerprint density at radius 1 is 0.282 bits per heavy atom. The van der Waals surface area contributed by atoms with Crippen LogP contribution >= 0.6 is 0 Å². The number of nitriles is 1. The van der Waals surface area contributed by atoms with Crippen LogP contribution in [0.1, 0.15) is 5.56 Å². The van der Waals surface area contributed by atoms with Crippen molar-refractivity contribution < 1.29 is 0 Å². The number of rotatable bonds is 7. The van der Waals surface area contributed by atoms with Gasteiger partial charge >= 0.3 is 0 Å². The highest BCUT2D eigenvalue weighted by Crippen LogP contribution is 2.47. The van der Waals surface area contributed by atoms with E-state index >= 15 is 0 Å². The fourth-order valence-electron chi connectivity index (χ4n) is 12.4. The summed E-state index contributed by atoms with van der Waals surface area (Å²) in [5.74, 6) is 1.58. The van der Waals surface area contributed by atoms with E-state index in [9.17, 15) is 5.26 Å². The standard InChI is InChI=1S/C70H42N8/c71-43-55-62(77-59-36-20-16-32-54(59)65-61(77)40-38-51-49-29-13-17-33-56(49)76(66(51)65)48-27-11-4-12-28-48)41-46(70-73-68(44-21-5-1-6-22-44)72-69(74-70)45-23-7-2-8-24-45)42-63(55)78-57-34-18-14-30-50(57)52-37-39-60-64(67(52)78)53-31-15-19-35-58(53)75(60)47-25-9-3-10-26-47/h1-42H. The van der Waals surface area contributed by atoms with E-state index in [-0.39, 0.29) is 0 Å². The zero-order valence-corrected chi connectivity index (χ0v) is 41.8. The van der Waals surface area contributed by atoms with Crippen molar-refractivity contribution in [1.29, 1.82) is 5.26 Å². The molecule has 16 rings (SSSR count). The number of fused-ring (bicyclic) bond motifs is 14. The van der Waals surface area contributed by atoms with Crippen molar-refractivity contribution in [2.24, 2.45) is 0 Å². The van der Waals surface area contributed by atoms with E-state index < -0.39 is 0 Å². The molecule has 8 heteroatoms. The molecule has 0 aliphatic carbocycles. The molecule has 16 aromatic rings. The minimum atomic E-state index is 0.480. The first kappa shape index (κ1) is 43.5. The first-order chi connectivity index (χ1) is 38.7. The highest BCUT2D eigenvalue weighted by atomic mass is 15.1. The maximum atomic E-state index is 12.2. The minimum absolute atomic E-state index is 0.480. The van der Waals surface area contributed by atoms with Gasteiger partial charge in [-0.25, -0.2) is 15.0 Å². The summed E-state index contributed by atoms with van der Waals surface area (Å²) in [5.41, 5.74) is 14.8. The maximum Gasteiger partial charge on any atom is 0.164 e. The highest BCUT2D eigenvalue weighted by molar-refractivity contribution is 6.28. The van der Waals surface area contributed by atoms with Crippen LogP contribution in [0.15, 0.2) is 255 Å². The Hall–Kier alpha value is -10.9. The summed E-state index contributed by atoms with van der Waals surface area (Å²) in [7, 11) is 0. The molecule has 8 nitrogen and oxygen atoms in total. The molecular weight excluding hydrogens is 953 g/mol. The molecule has 0 unspecified atom stereocenters. The molecule has 0 saturated carbocycles. The van der Waals surface area contributed by atoms with E-state index in [0.29, 0.717) is 34.4 Å². The lowest BCUT2D eigenvalue weighted by Gasteiger charge is -2.19. The molecule has 0 aliphatic heterocycles. The lowest BCUT2D eigenvalue weighted by molar-refractivity contribution is 1.06. The molecule has 78 heavy (non-hydrogen) atoms. The van der Waals surface area contributed by atoms with Crippen molar-refractivity contribution in [1.82, 2.24) is 33.2 Å². The van der Waals surface area contributed by atoms with E-state index in [4.69, 9.17) is 15.0 Å². The topological polar surface area (TPSA) is 82.2 Å².